The molecule has 34 heavy (non-hydrogen) atoms. The molecule has 1 aromatic heterocycles. The minimum atomic E-state index is -0.137. The first kappa shape index (κ1) is 25.6. The number of hydrogen-bond acceptors (Lipinski definition) is 5. The molecule has 0 radical (unpaired) electrons. The number of rotatable bonds is 11. The molecule has 1 amide bonds. The second kappa shape index (κ2) is 11.4. The minimum Gasteiger partial charge on any atom is -0.368 e. The molecule has 2 bridgehead atoms. The number of pyridine rings is 1. The summed E-state index contributed by atoms with van der Waals surface area (Å²) in [5.41, 5.74) is 3.79. The molecule has 3 heterocycles. The van der Waals surface area contributed by atoms with Crippen molar-refractivity contribution in [3.05, 3.63) is 72.0 Å². The molecule has 2 atom stereocenters. The van der Waals surface area contributed by atoms with Crippen LogP contribution >= 0.6 is 0 Å². The van der Waals surface area contributed by atoms with Gasteiger partial charge in [0.2, 0.25) is 0 Å². The molecule has 6 nitrogen and oxygen atoms in total. The number of hydrogen-bond donors (Lipinski definition) is 2. The van der Waals surface area contributed by atoms with E-state index in [9.17, 15) is 4.79 Å². The van der Waals surface area contributed by atoms with Crippen molar-refractivity contribution in [2.45, 2.75) is 72.4 Å². The van der Waals surface area contributed by atoms with Gasteiger partial charge >= 0.3 is 0 Å². The molecule has 6 heteroatoms. The van der Waals surface area contributed by atoms with Gasteiger partial charge in [-0.25, -0.2) is 4.98 Å². The zero-order valence-corrected chi connectivity index (χ0v) is 21.5. The molecule has 0 aliphatic carbocycles. The highest BCUT2D eigenvalue weighted by molar-refractivity contribution is 5.95. The van der Waals surface area contributed by atoms with Crippen LogP contribution < -0.4 is 10.6 Å². The highest BCUT2D eigenvalue weighted by Crippen LogP contribution is 2.34. The Morgan fingerprint density at radius 2 is 2.06 bits per heavy atom. The van der Waals surface area contributed by atoms with Crippen LogP contribution in [0.15, 0.2) is 66.3 Å². The first-order valence-corrected chi connectivity index (χ1v) is 12.5. The molecule has 2 aliphatic heterocycles. The van der Waals surface area contributed by atoms with E-state index in [0.717, 1.165) is 61.1 Å². The van der Waals surface area contributed by atoms with Crippen molar-refractivity contribution in [3.8, 4) is 0 Å². The number of carbonyl (C=O) groups excluding carboxylic acids is 1. The number of aryl methyl sites for hydroxylation is 1. The van der Waals surface area contributed by atoms with Crippen LogP contribution in [-0.4, -0.2) is 45.9 Å². The Morgan fingerprint density at radius 3 is 2.76 bits per heavy atom. The maximum Gasteiger partial charge on any atom is 0.250 e. The smallest absolute Gasteiger partial charge is 0.250 e. The van der Waals surface area contributed by atoms with Gasteiger partial charge in [-0.3, -0.25) is 4.79 Å². The van der Waals surface area contributed by atoms with Gasteiger partial charge in [0.1, 0.15) is 11.6 Å². The van der Waals surface area contributed by atoms with Crippen molar-refractivity contribution in [2.24, 2.45) is 5.92 Å². The highest BCUT2D eigenvalue weighted by atomic mass is 16.1. The summed E-state index contributed by atoms with van der Waals surface area (Å²) < 4.78 is 0. The predicted octanol–water partition coefficient (Wildman–Crippen LogP) is 5.20. The van der Waals surface area contributed by atoms with Crippen LogP contribution in [0, 0.1) is 5.92 Å². The van der Waals surface area contributed by atoms with E-state index in [1.165, 1.54) is 6.42 Å². The lowest BCUT2D eigenvalue weighted by Gasteiger charge is -2.39. The summed E-state index contributed by atoms with van der Waals surface area (Å²) in [4.78, 5) is 21.7. The third-order valence-corrected chi connectivity index (χ3v) is 6.72. The Hall–Kier alpha value is -3.02. The van der Waals surface area contributed by atoms with E-state index in [2.05, 4.69) is 66.5 Å². The van der Waals surface area contributed by atoms with Gasteiger partial charge in [0.05, 0.1) is 11.7 Å². The van der Waals surface area contributed by atoms with E-state index in [1.54, 1.807) is 0 Å². The summed E-state index contributed by atoms with van der Waals surface area (Å²) in [5, 5.41) is 6.35. The third kappa shape index (κ3) is 6.31. The molecule has 3 rings (SSSR count). The van der Waals surface area contributed by atoms with Gasteiger partial charge in [-0.1, -0.05) is 39.5 Å². The van der Waals surface area contributed by atoms with Gasteiger partial charge in [0.25, 0.3) is 5.91 Å². The van der Waals surface area contributed by atoms with Crippen molar-refractivity contribution in [1.29, 1.82) is 0 Å². The molecule has 0 spiro atoms. The fraction of sp³-hybridized carbons (Fsp3) is 0.500. The second-order valence-electron chi connectivity index (χ2n) is 9.85. The van der Waals surface area contributed by atoms with Crippen molar-refractivity contribution in [3.63, 3.8) is 0 Å². The average molecular weight is 464 g/mol. The average Bonchev–Trinajstić information content (AvgIpc) is 3.21. The molecule has 184 valence electrons. The van der Waals surface area contributed by atoms with Crippen LogP contribution in [0.2, 0.25) is 0 Å². The lowest BCUT2D eigenvalue weighted by molar-refractivity contribution is -0.117. The molecule has 0 saturated carbocycles. The van der Waals surface area contributed by atoms with Crippen molar-refractivity contribution in [1.82, 2.24) is 20.1 Å². The van der Waals surface area contributed by atoms with Crippen molar-refractivity contribution < 1.29 is 4.79 Å². The maximum atomic E-state index is 12.2. The number of nitrogens with zero attached hydrogens (tertiary/aromatic N) is 3. The van der Waals surface area contributed by atoms with E-state index in [1.807, 2.05) is 32.1 Å². The topological polar surface area (TPSA) is 60.5 Å². The number of allylic oxidation sites excluding steroid dienone is 2. The molecular formula is C28H41N5O. The number of nitrogens with one attached hydrogen (secondary N) is 2. The summed E-state index contributed by atoms with van der Waals surface area (Å²) in [7, 11) is 0. The largest absolute Gasteiger partial charge is 0.368 e. The molecule has 2 N–H and O–H groups in total. The summed E-state index contributed by atoms with van der Waals surface area (Å²) in [6.45, 7) is 20.8. The van der Waals surface area contributed by atoms with Crippen LogP contribution in [0.5, 0.6) is 0 Å². The molecular weight excluding hydrogens is 422 g/mol. The standard InChI is InChI=1S/C28H41N5O/c1-8-20(4)12-14-24-10-9-11-27(31-24)30-23(7)33-22(6)26(32-17-16-25(33)18-32)15-13-21(5)28(34)29-19(2)3/h9-11,13,15,19-20,25H,5,7-8,12,14,16-18H2,1-4,6H3,(H,29,34)(H,30,31)/b15-13-. The quantitative estimate of drug-likeness (QED) is 0.349. The van der Waals surface area contributed by atoms with Gasteiger partial charge < -0.3 is 20.4 Å². The van der Waals surface area contributed by atoms with Crippen molar-refractivity contribution >= 4 is 11.7 Å². The Kier molecular flexibility index (Phi) is 8.59. The number of carbonyl (C=O) groups is 1. The Morgan fingerprint density at radius 1 is 1.29 bits per heavy atom. The van der Waals surface area contributed by atoms with Crippen LogP contribution in [-0.2, 0) is 11.2 Å². The number of amides is 1. The third-order valence-electron chi connectivity index (χ3n) is 6.72. The first-order chi connectivity index (χ1) is 16.2. The number of aromatic nitrogens is 1. The van der Waals surface area contributed by atoms with E-state index in [0.29, 0.717) is 17.5 Å². The Labute approximate surface area is 205 Å². The van der Waals surface area contributed by atoms with E-state index in [4.69, 9.17) is 4.98 Å². The minimum absolute atomic E-state index is 0.0830. The second-order valence-corrected chi connectivity index (χ2v) is 9.85. The molecule has 1 fully saturated rings. The molecule has 1 aromatic rings. The summed E-state index contributed by atoms with van der Waals surface area (Å²) in [6.07, 6.45) is 8.21. The molecule has 1 saturated heterocycles. The van der Waals surface area contributed by atoms with Crippen molar-refractivity contribution in [2.75, 3.05) is 18.4 Å². The van der Waals surface area contributed by atoms with Crippen LogP contribution in [0.25, 0.3) is 0 Å². The Bertz CT molecular complexity index is 977. The molecule has 2 unspecified atom stereocenters. The number of fused-ring (bicyclic) bond motifs is 2. The molecule has 2 aliphatic rings. The first-order valence-electron chi connectivity index (χ1n) is 12.5. The fourth-order valence-electron chi connectivity index (χ4n) is 4.55. The van der Waals surface area contributed by atoms with E-state index >= 15 is 0 Å². The van der Waals surface area contributed by atoms with Gasteiger partial charge in [-0.15, -0.1) is 0 Å². The van der Waals surface area contributed by atoms with E-state index in [-0.39, 0.29) is 11.9 Å². The van der Waals surface area contributed by atoms with Gasteiger partial charge in [0.15, 0.2) is 0 Å². The summed E-state index contributed by atoms with van der Waals surface area (Å²) >= 11 is 0. The van der Waals surface area contributed by atoms with Crippen LogP contribution in [0.3, 0.4) is 0 Å². The van der Waals surface area contributed by atoms with E-state index < -0.39 is 0 Å². The highest BCUT2D eigenvalue weighted by Gasteiger charge is 2.36. The predicted molar refractivity (Wildman–Crippen MR) is 141 cm³/mol. The number of anilines is 1. The van der Waals surface area contributed by atoms with Gasteiger partial charge in [-0.05, 0) is 70.2 Å². The maximum absolute atomic E-state index is 12.2. The van der Waals surface area contributed by atoms with Crippen LogP contribution in [0.4, 0.5) is 5.82 Å². The lowest BCUT2D eigenvalue weighted by Crippen LogP contribution is -2.42. The summed E-state index contributed by atoms with van der Waals surface area (Å²) in [6, 6.07) is 6.62. The monoisotopic (exact) mass is 463 g/mol. The zero-order chi connectivity index (χ0) is 24.8. The SMILES string of the molecule is C=C(/C=C\C1=C(C)N(C(=C)Nc2cccc(CCC(C)CC)n2)C2CCN1C2)C(=O)NC(C)C. The fourth-order valence-corrected chi connectivity index (χ4v) is 4.55. The van der Waals surface area contributed by atoms with Crippen LogP contribution in [0.1, 0.15) is 59.6 Å². The zero-order valence-electron chi connectivity index (χ0n) is 21.5. The van der Waals surface area contributed by atoms with Gasteiger partial charge in [0, 0.05) is 36.1 Å². The van der Waals surface area contributed by atoms with Gasteiger partial charge in [-0.2, -0.15) is 0 Å². The normalized spacial score (nSPS) is 18.6. The lowest BCUT2D eigenvalue weighted by atomic mass is 10.0. The summed E-state index contributed by atoms with van der Waals surface area (Å²) in [5.74, 6) is 2.23. The molecule has 0 aromatic carbocycles. The Balaban J connectivity index is 1.73.